The van der Waals surface area contributed by atoms with E-state index in [1.165, 1.54) is 34.6 Å². The Bertz CT molecular complexity index is 386. The van der Waals surface area contributed by atoms with Crippen LogP contribution < -0.4 is 51.4 Å². The molecule has 0 radical (unpaired) electrons. The van der Waals surface area contributed by atoms with Gasteiger partial charge in [-0.05, 0) is 33.1 Å². The van der Waals surface area contributed by atoms with Crippen molar-refractivity contribution in [3.8, 4) is 0 Å². The molecule has 0 aliphatic heterocycles. The Balaban J connectivity index is 0. The zero-order valence-electron chi connectivity index (χ0n) is 14.2. The van der Waals surface area contributed by atoms with Crippen molar-refractivity contribution < 1.29 is 83.4 Å². The normalized spacial score (nSPS) is 13.2. The van der Waals surface area contributed by atoms with Crippen LogP contribution in [0.4, 0.5) is 17.7 Å². The van der Waals surface area contributed by atoms with Crippen LogP contribution in [0.3, 0.4) is 0 Å². The molecule has 124 valence electrons. The second-order valence-corrected chi connectivity index (χ2v) is 6.06. The van der Waals surface area contributed by atoms with E-state index in [0.29, 0.717) is 4.90 Å². The van der Waals surface area contributed by atoms with Crippen molar-refractivity contribution in [3.63, 3.8) is 0 Å². The number of amides is 1. The average molecular weight is 351 g/mol. The zero-order chi connectivity index (χ0) is 17.0. The molecule has 22 heavy (non-hydrogen) atoms. The van der Waals surface area contributed by atoms with Crippen molar-refractivity contribution in [2.75, 3.05) is 13.6 Å². The summed E-state index contributed by atoms with van der Waals surface area (Å²) >= 11 is 0. The summed E-state index contributed by atoms with van der Waals surface area (Å²) < 4.78 is 47.7. The number of esters is 1. The van der Waals surface area contributed by atoms with Crippen LogP contribution in [0.2, 0.25) is 0 Å². The van der Waals surface area contributed by atoms with E-state index in [4.69, 9.17) is 4.74 Å². The Labute approximate surface area is 171 Å². The van der Waals surface area contributed by atoms with Gasteiger partial charge in [0, 0.05) is 0 Å². The summed E-state index contributed by atoms with van der Waals surface area (Å²) in [5, 5.41) is 0. The predicted molar refractivity (Wildman–Crippen MR) is 72.7 cm³/mol. The van der Waals surface area contributed by atoms with Gasteiger partial charge in [-0.25, -0.2) is 9.59 Å². The second-order valence-electron chi connectivity index (χ2n) is 6.06. The van der Waals surface area contributed by atoms with Crippen LogP contribution in [-0.4, -0.2) is 49.1 Å². The molecule has 10 heteroatoms. The molecule has 0 N–H and O–H groups in total. The van der Waals surface area contributed by atoms with Gasteiger partial charge >= 0.3 is 70.4 Å². The Morgan fingerprint density at radius 2 is 1.64 bits per heavy atom. The fourth-order valence-electron chi connectivity index (χ4n) is 1.73. The first kappa shape index (κ1) is 24.5. The molecular weight excluding hydrogens is 329 g/mol. The number of halogens is 3. The van der Waals surface area contributed by atoms with E-state index in [1.807, 2.05) is 0 Å². The topological polar surface area (TPSA) is 55.8 Å². The monoisotopic (exact) mass is 351 g/mol. The molecule has 0 aromatic rings. The van der Waals surface area contributed by atoms with Gasteiger partial charge in [-0.1, -0.05) is 13.8 Å². The summed E-state index contributed by atoms with van der Waals surface area (Å²) in [4.78, 5) is 24.1. The summed E-state index contributed by atoms with van der Waals surface area (Å²) in [5.74, 6) is -1.46. The van der Waals surface area contributed by atoms with E-state index in [-0.39, 0.29) is 51.4 Å². The van der Waals surface area contributed by atoms with Crippen LogP contribution in [0, 0.1) is 5.92 Å². The van der Waals surface area contributed by atoms with E-state index in [9.17, 15) is 22.5 Å². The fraction of sp³-hybridized carbons (Fsp3) is 0.833. The molecule has 0 aromatic heterocycles. The molecule has 1 amide bonds. The number of methoxy groups -OCH3 is 1. The summed E-state index contributed by atoms with van der Waals surface area (Å²) in [5.41, 5.74) is -0.967. The molecule has 0 bridgehead atoms. The fourth-order valence-corrected chi connectivity index (χ4v) is 1.73. The van der Waals surface area contributed by atoms with Crippen LogP contribution in [0.15, 0.2) is 0 Å². The van der Waals surface area contributed by atoms with E-state index in [0.717, 1.165) is 7.11 Å². The molecule has 0 aromatic carbocycles. The minimum Gasteiger partial charge on any atom is -0.467 e. The smallest absolute Gasteiger partial charge is 0.467 e. The third kappa shape index (κ3) is 9.39. The van der Waals surface area contributed by atoms with E-state index < -0.39 is 43.0 Å². The van der Waals surface area contributed by atoms with Gasteiger partial charge in [0.25, 0.3) is 0 Å². The molecule has 0 heterocycles. The summed E-state index contributed by atoms with van der Waals surface area (Å²) in [6, 6.07) is -1.35. The number of carbonyl (C=O) groups excluding carboxylic acids is 2. The van der Waals surface area contributed by atoms with Crippen molar-refractivity contribution in [1.82, 2.24) is 4.90 Å². The summed E-state index contributed by atoms with van der Waals surface area (Å²) in [6.07, 6.45) is -2.71. The molecule has 0 aliphatic rings. The summed E-state index contributed by atoms with van der Waals surface area (Å²) in [7, 11) is 1.06. The quantitative estimate of drug-likeness (QED) is 0.509. The standard InChI is InChI=1S/C12H22BF3NO4.K/c1-8(2)9(10(18)20-6)17(7-13(14,15)16)11(19)21-12(3,4)5;/h8-9H,7H2,1-6H3;/q-1;+1/t9-;/m0./s1. The Morgan fingerprint density at radius 1 is 1.18 bits per heavy atom. The van der Waals surface area contributed by atoms with Crippen molar-refractivity contribution in [2.45, 2.75) is 46.3 Å². The van der Waals surface area contributed by atoms with E-state index in [1.54, 1.807) is 0 Å². The predicted octanol–water partition coefficient (Wildman–Crippen LogP) is -0.188. The van der Waals surface area contributed by atoms with Gasteiger partial charge in [0.15, 0.2) is 0 Å². The molecular formula is C12H22BF3KNO4. The van der Waals surface area contributed by atoms with Gasteiger partial charge < -0.3 is 27.3 Å². The Hall–Kier alpha value is 0.231. The van der Waals surface area contributed by atoms with Gasteiger partial charge in [0.1, 0.15) is 11.6 Å². The van der Waals surface area contributed by atoms with Crippen molar-refractivity contribution in [2.24, 2.45) is 5.92 Å². The Kier molecular flexibility index (Phi) is 10.6. The largest absolute Gasteiger partial charge is 1.00 e. The molecule has 0 fully saturated rings. The van der Waals surface area contributed by atoms with Crippen molar-refractivity contribution in [3.05, 3.63) is 0 Å². The van der Waals surface area contributed by atoms with Gasteiger partial charge in [0.05, 0.1) is 7.11 Å². The van der Waals surface area contributed by atoms with Crippen LogP contribution in [0.25, 0.3) is 0 Å². The minimum atomic E-state index is -5.31. The van der Waals surface area contributed by atoms with E-state index in [2.05, 4.69) is 4.74 Å². The minimum absolute atomic E-state index is 0. The summed E-state index contributed by atoms with van der Waals surface area (Å²) in [6.45, 7) is 2.35. The number of hydrogen-bond acceptors (Lipinski definition) is 4. The number of carbonyl (C=O) groups is 2. The number of nitrogens with zero attached hydrogens (tertiary/aromatic N) is 1. The van der Waals surface area contributed by atoms with Gasteiger partial charge in [-0.2, -0.15) is 0 Å². The molecule has 0 aliphatic carbocycles. The maximum absolute atomic E-state index is 12.8. The molecule has 0 saturated carbocycles. The number of rotatable bonds is 5. The maximum Gasteiger partial charge on any atom is 1.00 e. The molecule has 0 spiro atoms. The number of ether oxygens (including phenoxy) is 2. The van der Waals surface area contributed by atoms with Gasteiger partial charge in [-0.3, -0.25) is 0 Å². The van der Waals surface area contributed by atoms with Gasteiger partial charge in [0.2, 0.25) is 0 Å². The third-order valence-corrected chi connectivity index (χ3v) is 2.44. The third-order valence-electron chi connectivity index (χ3n) is 2.44. The first-order valence-electron chi connectivity index (χ1n) is 6.57. The molecule has 0 rings (SSSR count). The van der Waals surface area contributed by atoms with Crippen LogP contribution in [-0.2, 0) is 14.3 Å². The van der Waals surface area contributed by atoms with Crippen LogP contribution in [0.5, 0.6) is 0 Å². The molecule has 5 nitrogen and oxygen atoms in total. The van der Waals surface area contributed by atoms with Crippen LogP contribution in [0.1, 0.15) is 34.6 Å². The maximum atomic E-state index is 12.8. The van der Waals surface area contributed by atoms with Gasteiger partial charge in [-0.15, -0.1) is 0 Å². The van der Waals surface area contributed by atoms with Crippen molar-refractivity contribution >= 4 is 19.0 Å². The molecule has 0 saturated heterocycles. The SMILES string of the molecule is COC(=O)[C@H](C(C)C)N(C[B-](F)(F)F)C(=O)OC(C)(C)C.[K+]. The van der Waals surface area contributed by atoms with Crippen LogP contribution >= 0.6 is 0 Å². The average Bonchev–Trinajstić information content (AvgIpc) is 2.23. The second kappa shape index (κ2) is 9.51. The first-order chi connectivity index (χ1) is 9.28. The molecule has 0 unspecified atom stereocenters. The Morgan fingerprint density at radius 3 is 1.91 bits per heavy atom. The zero-order valence-corrected chi connectivity index (χ0v) is 17.3. The van der Waals surface area contributed by atoms with E-state index >= 15 is 0 Å². The number of hydrogen-bond donors (Lipinski definition) is 0. The molecule has 1 atom stereocenters. The van der Waals surface area contributed by atoms with Crippen molar-refractivity contribution in [1.29, 1.82) is 0 Å². The first-order valence-corrected chi connectivity index (χ1v) is 6.57.